The molecule has 1 heterocycles. The van der Waals surface area contributed by atoms with Crippen LogP contribution in [0.4, 0.5) is 5.69 Å². The SMILES string of the molecule is O=C(Nc1cccc(OCCn2cncn2)c1)C12CC3CC(CC(Br)(C3)C1)C2. The summed E-state index contributed by atoms with van der Waals surface area (Å²) in [5.74, 6) is 2.32. The van der Waals surface area contributed by atoms with Gasteiger partial charge in [0.15, 0.2) is 0 Å². The van der Waals surface area contributed by atoms with E-state index in [4.69, 9.17) is 4.74 Å². The van der Waals surface area contributed by atoms with Crippen LogP contribution < -0.4 is 10.1 Å². The molecule has 1 amide bonds. The minimum atomic E-state index is -0.211. The third-order valence-electron chi connectivity index (χ3n) is 6.62. The molecule has 0 spiro atoms. The molecule has 0 aliphatic heterocycles. The third-order valence-corrected chi connectivity index (χ3v) is 7.55. The Morgan fingerprint density at radius 3 is 2.82 bits per heavy atom. The molecule has 1 aromatic heterocycles. The summed E-state index contributed by atoms with van der Waals surface area (Å²) < 4.78 is 7.73. The van der Waals surface area contributed by atoms with Gasteiger partial charge in [0, 0.05) is 16.1 Å². The van der Waals surface area contributed by atoms with Crippen LogP contribution in [0.1, 0.15) is 38.5 Å². The summed E-state index contributed by atoms with van der Waals surface area (Å²) >= 11 is 3.99. The van der Waals surface area contributed by atoms with Crippen molar-refractivity contribution in [3.05, 3.63) is 36.9 Å². The molecule has 4 aliphatic carbocycles. The number of hydrogen-bond acceptors (Lipinski definition) is 4. The van der Waals surface area contributed by atoms with Gasteiger partial charge >= 0.3 is 0 Å². The fourth-order valence-electron chi connectivity index (χ4n) is 5.95. The molecule has 7 heteroatoms. The lowest BCUT2D eigenvalue weighted by molar-refractivity contribution is -0.138. The summed E-state index contributed by atoms with van der Waals surface area (Å²) in [5.41, 5.74) is 0.597. The van der Waals surface area contributed by atoms with Gasteiger partial charge in [0.2, 0.25) is 5.91 Å². The second-order valence-corrected chi connectivity index (χ2v) is 10.6. The first-order chi connectivity index (χ1) is 13.5. The normalized spacial score (nSPS) is 33.0. The van der Waals surface area contributed by atoms with E-state index in [2.05, 4.69) is 31.3 Å². The number of carbonyl (C=O) groups excluding carboxylic acids is 1. The molecule has 6 nitrogen and oxygen atoms in total. The van der Waals surface area contributed by atoms with Gasteiger partial charge in [0.05, 0.1) is 12.0 Å². The van der Waals surface area contributed by atoms with Crippen molar-refractivity contribution >= 4 is 27.5 Å². The number of aromatic nitrogens is 3. The highest BCUT2D eigenvalue weighted by Crippen LogP contribution is 2.64. The zero-order valence-corrected chi connectivity index (χ0v) is 17.4. The van der Waals surface area contributed by atoms with Crippen molar-refractivity contribution < 1.29 is 9.53 Å². The molecule has 0 saturated heterocycles. The minimum Gasteiger partial charge on any atom is -0.492 e. The van der Waals surface area contributed by atoms with Gasteiger partial charge in [0.25, 0.3) is 0 Å². The molecule has 1 N–H and O–H groups in total. The van der Waals surface area contributed by atoms with Gasteiger partial charge in [0.1, 0.15) is 25.0 Å². The molecule has 6 rings (SSSR count). The van der Waals surface area contributed by atoms with Crippen molar-refractivity contribution in [2.24, 2.45) is 17.3 Å². The maximum absolute atomic E-state index is 13.3. The lowest BCUT2D eigenvalue weighted by Crippen LogP contribution is -2.57. The summed E-state index contributed by atoms with van der Waals surface area (Å²) in [6, 6.07) is 7.68. The van der Waals surface area contributed by atoms with Crippen molar-refractivity contribution in [2.45, 2.75) is 49.4 Å². The number of nitrogens with zero attached hydrogens (tertiary/aromatic N) is 3. The largest absolute Gasteiger partial charge is 0.492 e. The Morgan fingerprint density at radius 2 is 2.11 bits per heavy atom. The quantitative estimate of drug-likeness (QED) is 0.682. The number of nitrogens with one attached hydrogen (secondary N) is 1. The van der Waals surface area contributed by atoms with Crippen molar-refractivity contribution in [1.82, 2.24) is 14.8 Å². The number of halogens is 1. The second-order valence-electron chi connectivity index (χ2n) is 8.88. The fourth-order valence-corrected chi connectivity index (χ4v) is 7.40. The average Bonchev–Trinajstić information content (AvgIpc) is 3.13. The molecule has 2 atom stereocenters. The highest BCUT2D eigenvalue weighted by atomic mass is 79.9. The average molecular weight is 445 g/mol. The van der Waals surface area contributed by atoms with Crippen LogP contribution in [0.25, 0.3) is 0 Å². The molecule has 2 unspecified atom stereocenters. The van der Waals surface area contributed by atoms with Crippen LogP contribution in [-0.4, -0.2) is 31.6 Å². The zero-order valence-electron chi connectivity index (χ0n) is 15.8. The van der Waals surface area contributed by atoms with Crippen LogP contribution in [0.3, 0.4) is 0 Å². The first-order valence-corrected chi connectivity index (χ1v) is 10.9. The van der Waals surface area contributed by atoms with Gasteiger partial charge in [-0.15, -0.1) is 0 Å². The zero-order chi connectivity index (χ0) is 19.2. The number of amides is 1. The number of alkyl halides is 1. The number of rotatable bonds is 6. The molecular formula is C21H25BrN4O2. The Hall–Kier alpha value is -1.89. The molecule has 4 aliphatic rings. The monoisotopic (exact) mass is 444 g/mol. The second kappa shape index (κ2) is 6.87. The van der Waals surface area contributed by atoms with Crippen LogP contribution in [-0.2, 0) is 11.3 Å². The smallest absolute Gasteiger partial charge is 0.230 e. The predicted molar refractivity (Wildman–Crippen MR) is 109 cm³/mol. The third kappa shape index (κ3) is 3.45. The van der Waals surface area contributed by atoms with Gasteiger partial charge in [-0.1, -0.05) is 22.0 Å². The molecular weight excluding hydrogens is 420 g/mol. The lowest BCUT2D eigenvalue weighted by Gasteiger charge is -2.59. The highest BCUT2D eigenvalue weighted by Gasteiger charge is 2.59. The van der Waals surface area contributed by atoms with Crippen LogP contribution in [0.2, 0.25) is 0 Å². The van der Waals surface area contributed by atoms with Crippen LogP contribution >= 0.6 is 15.9 Å². The lowest BCUT2D eigenvalue weighted by atomic mass is 9.49. The van der Waals surface area contributed by atoms with E-state index in [0.717, 1.165) is 30.7 Å². The van der Waals surface area contributed by atoms with E-state index in [1.54, 1.807) is 11.0 Å². The minimum absolute atomic E-state index is 0.181. The molecule has 4 saturated carbocycles. The maximum atomic E-state index is 13.3. The first-order valence-electron chi connectivity index (χ1n) is 10.1. The van der Waals surface area contributed by atoms with E-state index in [1.165, 1.54) is 25.6 Å². The molecule has 148 valence electrons. The Morgan fingerprint density at radius 1 is 1.29 bits per heavy atom. The molecule has 2 aromatic rings. The summed E-state index contributed by atoms with van der Waals surface area (Å²) in [5, 5.41) is 7.26. The van der Waals surface area contributed by atoms with Gasteiger partial charge in [-0.3, -0.25) is 4.79 Å². The maximum Gasteiger partial charge on any atom is 0.230 e. The van der Waals surface area contributed by atoms with E-state index in [0.29, 0.717) is 25.0 Å². The van der Waals surface area contributed by atoms with Gasteiger partial charge in [-0.05, 0) is 62.5 Å². The molecule has 28 heavy (non-hydrogen) atoms. The van der Waals surface area contributed by atoms with E-state index >= 15 is 0 Å². The Bertz CT molecular complexity index is 855. The Balaban J connectivity index is 1.24. The number of benzene rings is 1. The van der Waals surface area contributed by atoms with Crippen LogP contribution in [0.15, 0.2) is 36.9 Å². The Labute approximate surface area is 173 Å². The standard InChI is InChI=1S/C21H25BrN4O2/c22-21-10-15-6-16(11-21)9-20(8-15,12-21)19(27)25-17-2-1-3-18(7-17)28-5-4-26-14-23-13-24-26/h1-3,7,13-16H,4-6,8-12H2,(H,25,27). The van der Waals surface area contributed by atoms with Crippen molar-refractivity contribution in [3.63, 3.8) is 0 Å². The van der Waals surface area contributed by atoms with E-state index in [1.807, 2.05) is 24.3 Å². The number of ether oxygens (including phenoxy) is 1. The van der Waals surface area contributed by atoms with Gasteiger partial charge in [-0.25, -0.2) is 9.67 Å². The first kappa shape index (κ1) is 18.2. The van der Waals surface area contributed by atoms with Crippen molar-refractivity contribution in [1.29, 1.82) is 0 Å². The molecule has 4 bridgehead atoms. The topological polar surface area (TPSA) is 69.0 Å². The molecule has 1 aromatic carbocycles. The van der Waals surface area contributed by atoms with Crippen molar-refractivity contribution in [3.8, 4) is 5.75 Å². The molecule has 0 radical (unpaired) electrons. The van der Waals surface area contributed by atoms with Crippen LogP contribution in [0, 0.1) is 17.3 Å². The summed E-state index contributed by atoms with van der Waals surface area (Å²) in [4.78, 5) is 17.2. The molecule has 4 fully saturated rings. The fraction of sp³-hybridized carbons (Fsp3) is 0.571. The number of carbonyl (C=O) groups is 1. The summed E-state index contributed by atoms with van der Waals surface area (Å²) in [6.45, 7) is 1.13. The van der Waals surface area contributed by atoms with E-state index in [9.17, 15) is 4.79 Å². The highest BCUT2D eigenvalue weighted by molar-refractivity contribution is 9.10. The van der Waals surface area contributed by atoms with E-state index < -0.39 is 0 Å². The van der Waals surface area contributed by atoms with Crippen molar-refractivity contribution in [2.75, 3.05) is 11.9 Å². The van der Waals surface area contributed by atoms with Gasteiger partial charge in [-0.2, -0.15) is 5.10 Å². The summed E-state index contributed by atoms with van der Waals surface area (Å²) in [7, 11) is 0. The Kier molecular flexibility index (Phi) is 4.45. The van der Waals surface area contributed by atoms with E-state index in [-0.39, 0.29) is 15.6 Å². The number of anilines is 1. The van der Waals surface area contributed by atoms with Gasteiger partial charge < -0.3 is 10.1 Å². The predicted octanol–water partition coefficient (Wildman–Crippen LogP) is 4.03. The summed E-state index contributed by atoms with van der Waals surface area (Å²) in [6.07, 6.45) is 9.99. The van der Waals surface area contributed by atoms with Crippen LogP contribution in [0.5, 0.6) is 5.75 Å². The number of hydrogen-bond donors (Lipinski definition) is 1.